The van der Waals surface area contributed by atoms with E-state index in [4.69, 9.17) is 12.2 Å². The first-order chi connectivity index (χ1) is 12.0. The van der Waals surface area contributed by atoms with Gasteiger partial charge in [0.05, 0.1) is 12.1 Å². The lowest BCUT2D eigenvalue weighted by molar-refractivity contribution is 0.0974. The number of aromatic nitrogens is 4. The summed E-state index contributed by atoms with van der Waals surface area (Å²) in [6.07, 6.45) is 0. The Kier molecular flexibility index (Phi) is 3.97. The number of nitrogens with zero attached hydrogens (tertiary/aromatic N) is 4. The van der Waals surface area contributed by atoms with Crippen molar-refractivity contribution in [3.05, 3.63) is 63.3 Å². The van der Waals surface area contributed by atoms with E-state index in [1.165, 1.54) is 0 Å². The Morgan fingerprint density at radius 1 is 1.16 bits per heavy atom. The van der Waals surface area contributed by atoms with Gasteiger partial charge in [-0.15, -0.1) is 0 Å². The summed E-state index contributed by atoms with van der Waals surface area (Å²) in [7, 11) is 1.77. The average molecular weight is 413 g/mol. The molecule has 0 atom stereocenters. The van der Waals surface area contributed by atoms with Crippen molar-refractivity contribution in [2.24, 2.45) is 7.05 Å². The number of carbonyl (C=O) groups is 1. The molecule has 0 aliphatic rings. The van der Waals surface area contributed by atoms with Gasteiger partial charge in [-0.3, -0.25) is 4.79 Å². The summed E-state index contributed by atoms with van der Waals surface area (Å²) in [6, 6.07) is 15.2. The maximum Gasteiger partial charge on any atom is 0.217 e. The average Bonchev–Trinajstić information content (AvgIpc) is 2.89. The normalized spacial score (nSPS) is 11.3. The maximum absolute atomic E-state index is 12.7. The van der Waals surface area contributed by atoms with Gasteiger partial charge in [0.1, 0.15) is 5.52 Å². The Morgan fingerprint density at radius 2 is 1.88 bits per heavy atom. The molecule has 0 fully saturated rings. The summed E-state index contributed by atoms with van der Waals surface area (Å²) >= 11 is 8.64. The van der Waals surface area contributed by atoms with E-state index >= 15 is 0 Å². The molecule has 0 unspecified atom stereocenters. The predicted octanol–water partition coefficient (Wildman–Crippen LogP) is 4.30. The number of para-hydroxylation sites is 1. The highest BCUT2D eigenvalue weighted by molar-refractivity contribution is 9.10. The third-order valence-electron chi connectivity index (χ3n) is 4.11. The number of benzene rings is 2. The molecule has 2 aromatic carbocycles. The molecule has 2 heterocycles. The number of carbonyl (C=O) groups excluding carboxylic acids is 1. The van der Waals surface area contributed by atoms with Crippen molar-refractivity contribution in [3.8, 4) is 0 Å². The summed E-state index contributed by atoms with van der Waals surface area (Å²) in [6.45, 7) is 0.183. The molecule has 0 aliphatic carbocycles. The fraction of sp³-hybridized carbons (Fsp3) is 0.111. The van der Waals surface area contributed by atoms with E-state index in [9.17, 15) is 4.79 Å². The van der Waals surface area contributed by atoms with Crippen LogP contribution in [0.3, 0.4) is 0 Å². The van der Waals surface area contributed by atoms with Crippen molar-refractivity contribution in [2.75, 3.05) is 0 Å². The van der Waals surface area contributed by atoms with Crippen molar-refractivity contribution < 1.29 is 4.79 Å². The Bertz CT molecular complexity index is 1180. The van der Waals surface area contributed by atoms with Crippen molar-refractivity contribution in [1.29, 1.82) is 0 Å². The van der Waals surface area contributed by atoms with Crippen molar-refractivity contribution in [2.45, 2.75) is 6.54 Å². The van der Waals surface area contributed by atoms with E-state index in [1.54, 1.807) is 11.7 Å². The second-order valence-electron chi connectivity index (χ2n) is 5.72. The van der Waals surface area contributed by atoms with E-state index in [2.05, 4.69) is 26.0 Å². The zero-order chi connectivity index (χ0) is 17.6. The summed E-state index contributed by atoms with van der Waals surface area (Å²) in [5.41, 5.74) is 2.95. The highest BCUT2D eigenvalue weighted by Crippen LogP contribution is 2.26. The largest absolute Gasteiger partial charge is 0.316 e. The number of hydrogen-bond donors (Lipinski definition) is 0. The number of hydrogen-bond acceptors (Lipinski definition) is 4. The van der Waals surface area contributed by atoms with Gasteiger partial charge in [0.15, 0.2) is 11.4 Å². The molecular formula is C18H13BrN4OS. The number of rotatable bonds is 3. The quantitative estimate of drug-likeness (QED) is 0.371. The van der Waals surface area contributed by atoms with Gasteiger partial charge in [-0.25, -0.2) is 4.68 Å². The Morgan fingerprint density at radius 3 is 2.64 bits per heavy atom. The second kappa shape index (κ2) is 6.16. The fourth-order valence-corrected chi connectivity index (χ4v) is 3.26. The highest BCUT2D eigenvalue weighted by Gasteiger charge is 2.16. The SMILES string of the molecule is Cn1nc2c3ccccc3n(CC(=O)c3ccc(Br)cc3)c2nc1=S. The van der Waals surface area contributed by atoms with Crippen molar-refractivity contribution >= 4 is 56.0 Å². The molecule has 0 N–H and O–H groups in total. The molecule has 5 nitrogen and oxygen atoms in total. The van der Waals surface area contributed by atoms with Crippen LogP contribution in [0.4, 0.5) is 0 Å². The summed E-state index contributed by atoms with van der Waals surface area (Å²) < 4.78 is 4.78. The van der Waals surface area contributed by atoms with E-state index in [0.29, 0.717) is 16.0 Å². The summed E-state index contributed by atoms with van der Waals surface area (Å²) in [5, 5.41) is 5.48. The van der Waals surface area contributed by atoms with Crippen LogP contribution in [0.2, 0.25) is 0 Å². The molecule has 124 valence electrons. The van der Waals surface area contributed by atoms with Gasteiger partial charge >= 0.3 is 0 Å². The summed E-state index contributed by atoms with van der Waals surface area (Å²) in [5.74, 6) is 0.0103. The third kappa shape index (κ3) is 2.79. The van der Waals surface area contributed by atoms with Gasteiger partial charge in [-0.1, -0.05) is 46.3 Å². The van der Waals surface area contributed by atoms with Gasteiger partial charge in [0.2, 0.25) is 4.77 Å². The third-order valence-corrected chi connectivity index (χ3v) is 5.00. The first kappa shape index (κ1) is 16.1. The van der Waals surface area contributed by atoms with E-state index < -0.39 is 0 Å². The molecule has 0 amide bonds. The van der Waals surface area contributed by atoms with Gasteiger partial charge < -0.3 is 4.57 Å². The van der Waals surface area contributed by atoms with Gasteiger partial charge in [0.25, 0.3) is 0 Å². The lowest BCUT2D eigenvalue weighted by atomic mass is 10.1. The van der Waals surface area contributed by atoms with Crippen LogP contribution in [0.1, 0.15) is 10.4 Å². The number of halogens is 1. The van der Waals surface area contributed by atoms with E-state index in [-0.39, 0.29) is 12.3 Å². The predicted molar refractivity (Wildman–Crippen MR) is 103 cm³/mol. The van der Waals surface area contributed by atoms with Crippen LogP contribution in [0, 0.1) is 4.77 Å². The van der Waals surface area contributed by atoms with Gasteiger partial charge in [0, 0.05) is 22.5 Å². The highest BCUT2D eigenvalue weighted by atomic mass is 79.9. The lowest BCUT2D eigenvalue weighted by Gasteiger charge is -2.06. The summed E-state index contributed by atoms with van der Waals surface area (Å²) in [4.78, 5) is 17.2. The smallest absolute Gasteiger partial charge is 0.217 e. The van der Waals surface area contributed by atoms with Crippen LogP contribution in [-0.4, -0.2) is 25.1 Å². The standard InChI is InChI=1S/C18H13BrN4OS/c1-22-18(25)20-17-16(21-22)13-4-2-3-5-14(13)23(17)10-15(24)11-6-8-12(19)9-7-11/h2-9H,10H2,1H3. The first-order valence-electron chi connectivity index (χ1n) is 7.65. The molecule has 7 heteroatoms. The Balaban J connectivity index is 1.90. The number of ketones is 1. The van der Waals surface area contributed by atoms with Crippen LogP contribution in [0.15, 0.2) is 53.0 Å². The molecule has 4 rings (SSSR count). The maximum atomic E-state index is 12.7. The minimum absolute atomic E-state index is 0.0103. The fourth-order valence-electron chi connectivity index (χ4n) is 2.87. The second-order valence-corrected chi connectivity index (χ2v) is 7.00. The Labute approximate surface area is 157 Å². The van der Waals surface area contributed by atoms with Crippen LogP contribution in [0.25, 0.3) is 22.1 Å². The lowest BCUT2D eigenvalue weighted by Crippen LogP contribution is -2.11. The van der Waals surface area contributed by atoms with E-state index in [0.717, 1.165) is 20.9 Å². The van der Waals surface area contributed by atoms with Crippen LogP contribution in [-0.2, 0) is 13.6 Å². The van der Waals surface area contributed by atoms with Gasteiger partial charge in [-0.2, -0.15) is 10.1 Å². The topological polar surface area (TPSA) is 52.7 Å². The molecule has 0 radical (unpaired) electrons. The first-order valence-corrected chi connectivity index (χ1v) is 8.86. The molecule has 25 heavy (non-hydrogen) atoms. The molecule has 0 aliphatic heterocycles. The molecular weight excluding hydrogens is 400 g/mol. The van der Waals surface area contributed by atoms with E-state index in [1.807, 2.05) is 53.1 Å². The van der Waals surface area contributed by atoms with Crippen molar-refractivity contribution in [3.63, 3.8) is 0 Å². The molecule has 0 saturated heterocycles. The van der Waals surface area contributed by atoms with Crippen LogP contribution < -0.4 is 0 Å². The number of Topliss-reactive ketones (excluding diaryl/α,β-unsaturated/α-hetero) is 1. The minimum atomic E-state index is 0.0103. The molecule has 0 spiro atoms. The Hall–Kier alpha value is -2.38. The monoisotopic (exact) mass is 412 g/mol. The van der Waals surface area contributed by atoms with Crippen LogP contribution in [0.5, 0.6) is 0 Å². The minimum Gasteiger partial charge on any atom is -0.316 e. The molecule has 4 aromatic rings. The molecule has 0 saturated carbocycles. The number of fused-ring (bicyclic) bond motifs is 3. The van der Waals surface area contributed by atoms with Crippen LogP contribution >= 0.6 is 28.1 Å². The number of aryl methyl sites for hydroxylation is 1. The molecule has 2 aromatic heterocycles. The van der Waals surface area contributed by atoms with Gasteiger partial charge in [-0.05, 0) is 30.4 Å². The van der Waals surface area contributed by atoms with Crippen molar-refractivity contribution in [1.82, 2.24) is 19.3 Å². The zero-order valence-corrected chi connectivity index (χ0v) is 15.7. The zero-order valence-electron chi connectivity index (χ0n) is 13.3. The molecule has 0 bridgehead atoms.